The fraction of sp³-hybridized carbons (Fsp3) is 0.450. The summed E-state index contributed by atoms with van der Waals surface area (Å²) >= 11 is 0. The van der Waals surface area contributed by atoms with Gasteiger partial charge in [-0.25, -0.2) is 4.39 Å². The predicted octanol–water partition coefficient (Wildman–Crippen LogP) is 2.17. The van der Waals surface area contributed by atoms with Crippen LogP contribution >= 0.6 is 0 Å². The highest BCUT2D eigenvalue weighted by Gasteiger charge is 2.33. The van der Waals surface area contributed by atoms with Crippen LogP contribution in [0.15, 0.2) is 48.7 Å². The van der Waals surface area contributed by atoms with E-state index < -0.39 is 5.60 Å². The van der Waals surface area contributed by atoms with Gasteiger partial charge in [0.25, 0.3) is 5.91 Å². The van der Waals surface area contributed by atoms with Crippen LogP contribution in [-0.4, -0.2) is 29.8 Å². The monoisotopic (exact) mass is 377 g/mol. The Morgan fingerprint density at radius 3 is 2.74 bits per heavy atom. The van der Waals surface area contributed by atoms with Crippen molar-refractivity contribution in [1.29, 1.82) is 0 Å². The van der Waals surface area contributed by atoms with Gasteiger partial charge in [0, 0.05) is 12.7 Å². The van der Waals surface area contributed by atoms with E-state index in [2.05, 4.69) is 17.3 Å². The fourth-order valence-corrected chi connectivity index (χ4v) is 3.23. The Labute approximate surface area is 159 Å². The third kappa shape index (κ3) is 6.37. The van der Waals surface area contributed by atoms with Gasteiger partial charge in [0.2, 0.25) is 0 Å². The molecule has 0 spiro atoms. The highest BCUT2D eigenvalue weighted by atomic mass is 19.1. The predicted molar refractivity (Wildman–Crippen MR) is 102 cm³/mol. The summed E-state index contributed by atoms with van der Waals surface area (Å²) in [6.07, 6.45) is 6.41. The molecule has 0 unspecified atom stereocenters. The summed E-state index contributed by atoms with van der Waals surface area (Å²) in [5.74, 6) is 5.16. The van der Waals surface area contributed by atoms with Gasteiger partial charge in [-0.1, -0.05) is 24.8 Å². The van der Waals surface area contributed by atoms with Gasteiger partial charge in [0.05, 0.1) is 17.8 Å². The maximum atomic E-state index is 13.5. The minimum atomic E-state index is -0.916. The number of hydrogen-bond acceptors (Lipinski definition) is 5. The second-order valence-electron chi connectivity index (χ2n) is 6.89. The van der Waals surface area contributed by atoms with Crippen LogP contribution in [0.1, 0.15) is 32.1 Å². The molecule has 148 valence electrons. The molecule has 1 saturated carbocycles. The lowest BCUT2D eigenvalue weighted by Crippen LogP contribution is -2.45. The summed E-state index contributed by atoms with van der Waals surface area (Å²) in [4.78, 5) is 12.0. The number of para-hydroxylation sites is 1. The van der Waals surface area contributed by atoms with Crippen molar-refractivity contribution in [2.45, 2.75) is 37.7 Å². The molecule has 0 saturated heterocycles. The number of benzene rings is 1. The normalized spacial score (nSPS) is 22.8. The molecule has 27 heavy (non-hydrogen) atoms. The van der Waals surface area contributed by atoms with Crippen molar-refractivity contribution >= 4 is 5.91 Å². The van der Waals surface area contributed by atoms with Crippen molar-refractivity contribution in [2.24, 2.45) is 11.8 Å². The molecule has 0 radical (unpaired) electrons. The van der Waals surface area contributed by atoms with E-state index in [4.69, 9.17) is 10.6 Å². The van der Waals surface area contributed by atoms with Crippen molar-refractivity contribution in [3.63, 3.8) is 0 Å². The minimum absolute atomic E-state index is 0.181. The molecule has 5 N–H and O–H groups in total. The van der Waals surface area contributed by atoms with Crippen LogP contribution in [0, 0.1) is 11.7 Å². The van der Waals surface area contributed by atoms with Crippen LogP contribution in [-0.2, 0) is 4.79 Å². The van der Waals surface area contributed by atoms with Crippen LogP contribution in [0.3, 0.4) is 0 Å². The van der Waals surface area contributed by atoms with Gasteiger partial charge in [-0.05, 0) is 50.2 Å². The van der Waals surface area contributed by atoms with Crippen LogP contribution in [0.2, 0.25) is 0 Å². The summed E-state index contributed by atoms with van der Waals surface area (Å²) in [7, 11) is 0. The number of amides is 1. The Hall–Kier alpha value is -2.38. The number of hydrazine groups is 1. The maximum Gasteiger partial charge on any atom is 0.252 e. The van der Waals surface area contributed by atoms with Crippen LogP contribution in [0.4, 0.5) is 4.39 Å². The quantitative estimate of drug-likeness (QED) is 0.229. The first-order valence-corrected chi connectivity index (χ1v) is 9.14. The molecule has 1 aliphatic carbocycles. The summed E-state index contributed by atoms with van der Waals surface area (Å²) in [6.45, 7) is 4.18. The number of nitrogens with two attached hydrogens (primary N) is 1. The van der Waals surface area contributed by atoms with Gasteiger partial charge in [0.15, 0.2) is 11.6 Å². The molecule has 0 aromatic heterocycles. The lowest BCUT2D eigenvalue weighted by molar-refractivity contribution is -0.119. The molecule has 1 amide bonds. The topological polar surface area (TPSA) is 96.6 Å². The number of halogens is 1. The zero-order valence-electron chi connectivity index (χ0n) is 15.4. The maximum absolute atomic E-state index is 13.5. The number of carbonyl (C=O) groups is 1. The molecule has 0 aliphatic heterocycles. The van der Waals surface area contributed by atoms with Crippen molar-refractivity contribution in [3.05, 3.63) is 54.5 Å². The third-order valence-electron chi connectivity index (χ3n) is 4.96. The molecule has 1 fully saturated rings. The molecule has 1 aliphatic rings. The Morgan fingerprint density at radius 1 is 1.41 bits per heavy atom. The average molecular weight is 377 g/mol. The van der Waals surface area contributed by atoms with Crippen molar-refractivity contribution in [3.8, 4) is 5.75 Å². The molecule has 0 atom stereocenters. The average Bonchev–Trinajstić information content (AvgIpc) is 2.67. The lowest BCUT2D eigenvalue weighted by Gasteiger charge is -2.36. The SMILES string of the molecule is C=C/C(=C\NN)C(=O)NCC1(O)CCC(CCOc2ccccc2F)CC1. The molecule has 0 bridgehead atoms. The lowest BCUT2D eigenvalue weighted by atomic mass is 9.77. The fourth-order valence-electron chi connectivity index (χ4n) is 3.23. The van der Waals surface area contributed by atoms with E-state index in [0.717, 1.165) is 19.3 Å². The van der Waals surface area contributed by atoms with Gasteiger partial charge in [-0.3, -0.25) is 10.6 Å². The molecule has 0 heterocycles. The molecule has 1 aromatic rings. The Bertz CT molecular complexity index is 670. The molecule has 6 nitrogen and oxygen atoms in total. The number of nitrogens with one attached hydrogen (secondary N) is 2. The van der Waals surface area contributed by atoms with E-state index in [1.807, 2.05) is 0 Å². The Kier molecular flexibility index (Phi) is 7.82. The molecular formula is C20H28FN3O3. The van der Waals surface area contributed by atoms with Crippen molar-refractivity contribution in [1.82, 2.24) is 10.7 Å². The summed E-state index contributed by atoms with van der Waals surface area (Å²) in [5, 5.41) is 13.4. The largest absolute Gasteiger partial charge is 0.491 e. The minimum Gasteiger partial charge on any atom is -0.491 e. The standard InChI is InChI=1S/C20H28FN3O3/c1-2-16(13-24-22)19(25)23-14-20(26)10-7-15(8-11-20)9-12-27-18-6-4-3-5-17(18)21/h2-6,13,15,24,26H,1,7-12,14,22H2,(H,23,25)/b16-13+. The van der Waals surface area contributed by atoms with E-state index in [1.165, 1.54) is 18.3 Å². The number of rotatable bonds is 9. The van der Waals surface area contributed by atoms with Crippen molar-refractivity contribution < 1.29 is 19.0 Å². The van der Waals surface area contributed by atoms with Gasteiger partial charge < -0.3 is 20.6 Å². The molecule has 7 heteroatoms. The van der Waals surface area contributed by atoms with Gasteiger partial charge in [-0.2, -0.15) is 0 Å². The summed E-state index contributed by atoms with van der Waals surface area (Å²) in [5.41, 5.74) is 1.69. The summed E-state index contributed by atoms with van der Waals surface area (Å²) in [6, 6.07) is 6.36. The summed E-state index contributed by atoms with van der Waals surface area (Å²) < 4.78 is 19.0. The first-order valence-electron chi connectivity index (χ1n) is 9.14. The molecule has 2 rings (SSSR count). The second kappa shape index (κ2) is 10.1. The van der Waals surface area contributed by atoms with Crippen LogP contribution in [0.5, 0.6) is 5.75 Å². The molecule has 1 aromatic carbocycles. The number of ether oxygens (including phenoxy) is 1. The van der Waals surface area contributed by atoms with E-state index in [1.54, 1.807) is 18.2 Å². The van der Waals surface area contributed by atoms with Gasteiger partial charge >= 0.3 is 0 Å². The first kappa shape index (κ1) is 20.9. The van der Waals surface area contributed by atoms with E-state index >= 15 is 0 Å². The van der Waals surface area contributed by atoms with E-state index in [-0.39, 0.29) is 24.0 Å². The highest BCUT2D eigenvalue weighted by Crippen LogP contribution is 2.33. The first-order chi connectivity index (χ1) is 13.0. The highest BCUT2D eigenvalue weighted by molar-refractivity contribution is 5.95. The number of hydrogen-bond donors (Lipinski definition) is 4. The molecular weight excluding hydrogens is 349 g/mol. The Balaban J connectivity index is 1.72. The van der Waals surface area contributed by atoms with Crippen LogP contribution in [0.25, 0.3) is 0 Å². The Morgan fingerprint density at radius 2 is 2.11 bits per heavy atom. The zero-order valence-corrected chi connectivity index (χ0v) is 15.4. The zero-order chi connectivity index (χ0) is 19.7. The number of aliphatic hydroxyl groups is 1. The number of carbonyl (C=O) groups excluding carboxylic acids is 1. The van der Waals surface area contributed by atoms with E-state index in [0.29, 0.717) is 30.9 Å². The third-order valence-corrected chi connectivity index (χ3v) is 4.96. The van der Waals surface area contributed by atoms with Gasteiger partial charge in [-0.15, -0.1) is 0 Å². The smallest absolute Gasteiger partial charge is 0.252 e. The van der Waals surface area contributed by atoms with Crippen LogP contribution < -0.4 is 21.3 Å². The van der Waals surface area contributed by atoms with Gasteiger partial charge in [0.1, 0.15) is 0 Å². The second-order valence-corrected chi connectivity index (χ2v) is 6.89. The van der Waals surface area contributed by atoms with E-state index in [9.17, 15) is 14.3 Å². The van der Waals surface area contributed by atoms with Crippen molar-refractivity contribution in [2.75, 3.05) is 13.2 Å².